The predicted molar refractivity (Wildman–Crippen MR) is 48.6 cm³/mol. The molecule has 0 fully saturated rings. The fraction of sp³-hybridized carbons (Fsp3) is 0.500. The van der Waals surface area contributed by atoms with Crippen LogP contribution >= 0.6 is 0 Å². The van der Waals surface area contributed by atoms with Crippen LogP contribution in [0.1, 0.15) is 13.8 Å². The molecule has 0 amide bonds. The van der Waals surface area contributed by atoms with E-state index in [1.807, 2.05) is 0 Å². The summed E-state index contributed by atoms with van der Waals surface area (Å²) in [4.78, 5) is 21.6. The van der Waals surface area contributed by atoms with E-state index in [0.717, 1.165) is 12.2 Å². The molecule has 0 aliphatic rings. The molecule has 0 aromatic rings. The van der Waals surface area contributed by atoms with Gasteiger partial charge in [-0.15, -0.1) is 0 Å². The molecule has 0 aromatic heterocycles. The summed E-state index contributed by atoms with van der Waals surface area (Å²) in [7, 11) is 0. The summed E-state index contributed by atoms with van der Waals surface area (Å²) in [5.74, 6) is -1.41. The van der Waals surface area contributed by atoms with Crippen LogP contribution < -0.4 is 11.5 Å². The average molecular weight is 202 g/mol. The number of carbonyl (C=O) groups is 2. The molecule has 14 heavy (non-hydrogen) atoms. The first-order chi connectivity index (χ1) is 6.41. The van der Waals surface area contributed by atoms with Crippen LogP contribution in [0.25, 0.3) is 0 Å². The molecular formula is C8H14N2O4. The smallest absolute Gasteiger partial charge is 0.332 e. The molecule has 2 atom stereocenters. The van der Waals surface area contributed by atoms with Gasteiger partial charge in [0, 0.05) is 12.2 Å². The first-order valence-corrected chi connectivity index (χ1v) is 4.02. The Bertz CT molecular complexity index is 211. The van der Waals surface area contributed by atoms with Crippen molar-refractivity contribution >= 4 is 11.9 Å². The SMILES string of the molecule is CC(N)OC(=O)C=CC(=O)OC(C)N. The normalized spacial score (nSPS) is 14.9. The van der Waals surface area contributed by atoms with E-state index in [1.165, 1.54) is 13.8 Å². The molecule has 0 radical (unpaired) electrons. The summed E-state index contributed by atoms with van der Waals surface area (Å²) < 4.78 is 9.04. The van der Waals surface area contributed by atoms with Crippen LogP contribution in [0.3, 0.4) is 0 Å². The number of rotatable bonds is 4. The summed E-state index contributed by atoms with van der Waals surface area (Å²) >= 11 is 0. The van der Waals surface area contributed by atoms with Gasteiger partial charge in [0.15, 0.2) is 0 Å². The molecule has 0 heterocycles. The summed E-state index contributed by atoms with van der Waals surface area (Å²) in [6.07, 6.45) is 0.426. The summed E-state index contributed by atoms with van der Waals surface area (Å²) in [6, 6.07) is 0. The summed E-state index contributed by atoms with van der Waals surface area (Å²) in [5.41, 5.74) is 10.3. The van der Waals surface area contributed by atoms with Crippen LogP contribution in [0.15, 0.2) is 12.2 Å². The highest BCUT2D eigenvalue weighted by atomic mass is 16.6. The third kappa shape index (κ3) is 7.26. The van der Waals surface area contributed by atoms with Gasteiger partial charge in [-0.25, -0.2) is 9.59 Å². The Hall–Kier alpha value is -1.40. The molecule has 0 aliphatic carbocycles. The van der Waals surface area contributed by atoms with E-state index in [0.29, 0.717) is 0 Å². The molecule has 80 valence electrons. The van der Waals surface area contributed by atoms with Crippen LogP contribution in [-0.2, 0) is 19.1 Å². The van der Waals surface area contributed by atoms with Crippen molar-refractivity contribution in [3.05, 3.63) is 12.2 Å². The Morgan fingerprint density at radius 3 is 1.50 bits per heavy atom. The highest BCUT2D eigenvalue weighted by Crippen LogP contribution is 1.89. The van der Waals surface area contributed by atoms with Crippen LogP contribution in [-0.4, -0.2) is 24.4 Å². The fourth-order valence-electron chi connectivity index (χ4n) is 0.581. The zero-order valence-corrected chi connectivity index (χ0v) is 8.10. The molecule has 2 unspecified atom stereocenters. The molecule has 0 aliphatic heterocycles. The topological polar surface area (TPSA) is 105 Å². The minimum atomic E-state index is -0.711. The number of ether oxygens (including phenoxy) is 2. The lowest BCUT2D eigenvalue weighted by molar-refractivity contribution is -0.144. The Morgan fingerprint density at radius 1 is 1.00 bits per heavy atom. The first-order valence-electron chi connectivity index (χ1n) is 4.02. The number of hydrogen-bond donors (Lipinski definition) is 2. The average Bonchev–Trinajstić information content (AvgIpc) is 1.98. The standard InChI is InChI=1S/C8H14N2O4/c1-5(9)13-7(11)3-4-8(12)14-6(2)10/h3-6H,9-10H2,1-2H3. The van der Waals surface area contributed by atoms with E-state index in [2.05, 4.69) is 9.47 Å². The lowest BCUT2D eigenvalue weighted by atomic mass is 10.5. The second-order valence-electron chi connectivity index (χ2n) is 2.62. The molecule has 0 aromatic carbocycles. The molecule has 0 saturated carbocycles. The maximum atomic E-state index is 10.8. The quantitative estimate of drug-likeness (QED) is 0.352. The van der Waals surface area contributed by atoms with E-state index in [1.54, 1.807) is 0 Å². The van der Waals surface area contributed by atoms with Crippen molar-refractivity contribution in [2.75, 3.05) is 0 Å². The molecule has 0 rings (SSSR count). The second kappa shape index (κ2) is 6.11. The third-order valence-electron chi connectivity index (χ3n) is 0.960. The highest BCUT2D eigenvalue weighted by molar-refractivity contribution is 5.91. The van der Waals surface area contributed by atoms with Crippen molar-refractivity contribution in [2.45, 2.75) is 26.3 Å². The van der Waals surface area contributed by atoms with Crippen LogP contribution in [0.5, 0.6) is 0 Å². The van der Waals surface area contributed by atoms with Crippen LogP contribution in [0, 0.1) is 0 Å². The van der Waals surface area contributed by atoms with E-state index in [-0.39, 0.29) is 0 Å². The van der Waals surface area contributed by atoms with Gasteiger partial charge < -0.3 is 9.47 Å². The molecule has 4 N–H and O–H groups in total. The van der Waals surface area contributed by atoms with E-state index in [4.69, 9.17) is 11.5 Å². The van der Waals surface area contributed by atoms with Crippen molar-refractivity contribution < 1.29 is 19.1 Å². The van der Waals surface area contributed by atoms with Gasteiger partial charge in [-0.05, 0) is 13.8 Å². The number of carbonyl (C=O) groups excluding carboxylic acids is 2. The van der Waals surface area contributed by atoms with Gasteiger partial charge in [0.2, 0.25) is 0 Å². The second-order valence-corrected chi connectivity index (χ2v) is 2.62. The minimum absolute atomic E-state index is 0.707. The van der Waals surface area contributed by atoms with Gasteiger partial charge >= 0.3 is 11.9 Å². The van der Waals surface area contributed by atoms with Gasteiger partial charge in [0.1, 0.15) is 12.5 Å². The van der Waals surface area contributed by atoms with Crippen LogP contribution in [0.4, 0.5) is 0 Å². The number of hydrogen-bond acceptors (Lipinski definition) is 6. The van der Waals surface area contributed by atoms with Gasteiger partial charge in [0.25, 0.3) is 0 Å². The van der Waals surface area contributed by atoms with Gasteiger partial charge in [-0.1, -0.05) is 0 Å². The van der Waals surface area contributed by atoms with Crippen molar-refractivity contribution in [1.29, 1.82) is 0 Å². The molecule has 6 nitrogen and oxygen atoms in total. The Labute approximate surface area is 81.8 Å². The van der Waals surface area contributed by atoms with E-state index in [9.17, 15) is 9.59 Å². The zero-order chi connectivity index (χ0) is 11.1. The predicted octanol–water partition coefficient (Wildman–Crippen LogP) is -0.762. The van der Waals surface area contributed by atoms with Gasteiger partial charge in [-0.2, -0.15) is 0 Å². The molecule has 6 heteroatoms. The van der Waals surface area contributed by atoms with Crippen molar-refractivity contribution in [3.63, 3.8) is 0 Å². The van der Waals surface area contributed by atoms with E-state index >= 15 is 0 Å². The minimum Gasteiger partial charge on any atom is -0.444 e. The number of esters is 2. The number of nitrogens with two attached hydrogens (primary N) is 2. The molecule has 0 bridgehead atoms. The lowest BCUT2D eigenvalue weighted by Crippen LogP contribution is -2.23. The summed E-state index contributed by atoms with van der Waals surface area (Å²) in [6.45, 7) is 2.98. The zero-order valence-electron chi connectivity index (χ0n) is 8.10. The monoisotopic (exact) mass is 202 g/mol. The Balaban J connectivity index is 3.92. The lowest BCUT2D eigenvalue weighted by Gasteiger charge is -2.05. The van der Waals surface area contributed by atoms with Crippen molar-refractivity contribution in [3.8, 4) is 0 Å². The highest BCUT2D eigenvalue weighted by Gasteiger charge is 2.04. The molecular weight excluding hydrogens is 188 g/mol. The Kier molecular flexibility index (Phi) is 5.50. The molecule has 0 saturated heterocycles. The van der Waals surface area contributed by atoms with Crippen LogP contribution in [0.2, 0.25) is 0 Å². The largest absolute Gasteiger partial charge is 0.444 e. The third-order valence-corrected chi connectivity index (χ3v) is 0.960. The van der Waals surface area contributed by atoms with Gasteiger partial charge in [-0.3, -0.25) is 11.5 Å². The van der Waals surface area contributed by atoms with E-state index < -0.39 is 24.4 Å². The maximum absolute atomic E-state index is 10.8. The Morgan fingerprint density at radius 2 is 1.29 bits per heavy atom. The fourth-order valence-corrected chi connectivity index (χ4v) is 0.581. The molecule has 0 spiro atoms. The van der Waals surface area contributed by atoms with Gasteiger partial charge in [0.05, 0.1) is 0 Å². The maximum Gasteiger partial charge on any atom is 0.332 e. The van der Waals surface area contributed by atoms with Crippen molar-refractivity contribution in [2.24, 2.45) is 11.5 Å². The first kappa shape index (κ1) is 12.6. The summed E-state index contributed by atoms with van der Waals surface area (Å²) in [5, 5.41) is 0. The van der Waals surface area contributed by atoms with Crippen molar-refractivity contribution in [1.82, 2.24) is 0 Å².